The molecule has 3 heterocycles. The number of nitrogens with one attached hydrogen (secondary N) is 1. The van der Waals surface area contributed by atoms with Crippen molar-refractivity contribution in [2.45, 2.75) is 13.0 Å². The van der Waals surface area contributed by atoms with Gasteiger partial charge < -0.3 is 4.74 Å². The fourth-order valence-corrected chi connectivity index (χ4v) is 3.25. The smallest absolute Gasteiger partial charge is 0.277 e. The molecule has 0 unspecified atom stereocenters. The first-order valence-electron chi connectivity index (χ1n) is 6.89. The number of thiazole rings is 1. The number of carbonyl (C=O) groups is 1. The Bertz CT molecular complexity index is 838. The molecule has 0 radical (unpaired) electrons. The second-order valence-corrected chi connectivity index (χ2v) is 5.97. The summed E-state index contributed by atoms with van der Waals surface area (Å²) >= 11 is 1.45. The fourth-order valence-electron chi connectivity index (χ4n) is 2.31. The van der Waals surface area contributed by atoms with Crippen LogP contribution in [0.4, 0.5) is 5.13 Å². The van der Waals surface area contributed by atoms with Crippen molar-refractivity contribution >= 4 is 33.4 Å². The number of nitrogens with zero attached hydrogens (tertiary/aromatic N) is 3. The molecule has 1 aliphatic heterocycles. The summed E-state index contributed by atoms with van der Waals surface area (Å²) < 4.78 is 5.38. The van der Waals surface area contributed by atoms with E-state index in [4.69, 9.17) is 4.74 Å². The third-order valence-electron chi connectivity index (χ3n) is 3.40. The molecule has 0 atom stereocenters. The number of rotatable bonds is 2. The Hall–Kier alpha value is -2.38. The van der Waals surface area contributed by atoms with Gasteiger partial charge in [-0.15, -0.1) is 0 Å². The van der Waals surface area contributed by atoms with E-state index in [-0.39, 0.29) is 11.6 Å². The van der Waals surface area contributed by atoms with Crippen molar-refractivity contribution in [1.29, 1.82) is 0 Å². The standard InChI is InChI=1S/C15H12N4O2S/c20-14(12-7-16-9-3-1-2-4-10(9)17-12)19-15-18-11-5-6-21-8-13(11)22-15/h1-4,7H,5-6,8H2,(H,18,19,20). The summed E-state index contributed by atoms with van der Waals surface area (Å²) in [6.45, 7) is 1.25. The van der Waals surface area contributed by atoms with Gasteiger partial charge in [-0.1, -0.05) is 23.5 Å². The molecule has 0 spiro atoms. The zero-order valence-electron chi connectivity index (χ0n) is 11.6. The summed E-state index contributed by atoms with van der Waals surface area (Å²) in [6.07, 6.45) is 2.27. The fraction of sp³-hybridized carbons (Fsp3) is 0.200. The summed E-state index contributed by atoms with van der Waals surface area (Å²) in [7, 11) is 0. The molecule has 4 rings (SSSR count). The second kappa shape index (κ2) is 5.43. The minimum atomic E-state index is -0.301. The van der Waals surface area contributed by atoms with E-state index in [1.54, 1.807) is 0 Å². The lowest BCUT2D eigenvalue weighted by Crippen LogP contribution is -2.14. The molecule has 1 amide bonds. The highest BCUT2D eigenvalue weighted by Gasteiger charge is 2.18. The van der Waals surface area contributed by atoms with E-state index in [2.05, 4.69) is 20.3 Å². The number of hydrogen-bond donors (Lipinski definition) is 1. The number of benzene rings is 1. The number of anilines is 1. The first-order chi connectivity index (χ1) is 10.8. The Morgan fingerprint density at radius 2 is 2.09 bits per heavy atom. The van der Waals surface area contributed by atoms with Crippen LogP contribution in [0.25, 0.3) is 11.0 Å². The van der Waals surface area contributed by atoms with Gasteiger partial charge in [0.1, 0.15) is 5.69 Å². The van der Waals surface area contributed by atoms with E-state index in [0.717, 1.165) is 22.5 Å². The van der Waals surface area contributed by atoms with Crippen LogP contribution in [0.15, 0.2) is 30.5 Å². The molecule has 0 aliphatic carbocycles. The molecule has 2 aromatic heterocycles. The number of carbonyl (C=O) groups excluding carboxylic acids is 1. The van der Waals surface area contributed by atoms with Crippen molar-refractivity contribution in [2.24, 2.45) is 0 Å². The summed E-state index contributed by atoms with van der Waals surface area (Å²) in [6, 6.07) is 7.45. The first-order valence-corrected chi connectivity index (χ1v) is 7.71. The lowest BCUT2D eigenvalue weighted by atomic mass is 10.2. The molecule has 6 nitrogen and oxygen atoms in total. The van der Waals surface area contributed by atoms with Crippen LogP contribution in [-0.4, -0.2) is 27.5 Å². The van der Waals surface area contributed by atoms with Crippen molar-refractivity contribution in [3.05, 3.63) is 46.7 Å². The molecule has 1 aromatic carbocycles. The van der Waals surface area contributed by atoms with Crippen LogP contribution in [0.2, 0.25) is 0 Å². The van der Waals surface area contributed by atoms with E-state index < -0.39 is 0 Å². The molecule has 0 fully saturated rings. The molecule has 0 bridgehead atoms. The molecule has 0 saturated carbocycles. The third kappa shape index (κ3) is 2.44. The Morgan fingerprint density at radius 3 is 2.95 bits per heavy atom. The summed E-state index contributed by atoms with van der Waals surface area (Å²) in [5.74, 6) is -0.301. The lowest BCUT2D eigenvalue weighted by Gasteiger charge is -2.08. The highest BCUT2D eigenvalue weighted by molar-refractivity contribution is 7.15. The Morgan fingerprint density at radius 1 is 1.23 bits per heavy atom. The van der Waals surface area contributed by atoms with Crippen LogP contribution in [0.1, 0.15) is 21.1 Å². The minimum absolute atomic E-state index is 0.281. The van der Waals surface area contributed by atoms with Crippen LogP contribution in [0.3, 0.4) is 0 Å². The molecule has 0 saturated heterocycles. The highest BCUT2D eigenvalue weighted by atomic mass is 32.1. The van der Waals surface area contributed by atoms with Gasteiger partial charge in [-0.05, 0) is 12.1 Å². The number of ether oxygens (including phenoxy) is 1. The predicted molar refractivity (Wildman–Crippen MR) is 83.0 cm³/mol. The minimum Gasteiger partial charge on any atom is -0.375 e. The molecule has 22 heavy (non-hydrogen) atoms. The van der Waals surface area contributed by atoms with Gasteiger partial charge >= 0.3 is 0 Å². The number of aromatic nitrogens is 3. The maximum atomic E-state index is 12.3. The maximum absolute atomic E-state index is 12.3. The quantitative estimate of drug-likeness (QED) is 0.786. The van der Waals surface area contributed by atoms with E-state index in [1.807, 2.05) is 24.3 Å². The van der Waals surface area contributed by atoms with Gasteiger partial charge in [-0.25, -0.2) is 9.97 Å². The van der Waals surface area contributed by atoms with Crippen molar-refractivity contribution in [3.8, 4) is 0 Å². The topological polar surface area (TPSA) is 77.0 Å². The van der Waals surface area contributed by atoms with Crippen LogP contribution in [0.5, 0.6) is 0 Å². The maximum Gasteiger partial charge on any atom is 0.277 e. The summed E-state index contributed by atoms with van der Waals surface area (Å²) in [4.78, 5) is 26.4. The van der Waals surface area contributed by atoms with Gasteiger partial charge in [0.2, 0.25) is 0 Å². The van der Waals surface area contributed by atoms with Crippen molar-refractivity contribution < 1.29 is 9.53 Å². The van der Waals surface area contributed by atoms with Crippen molar-refractivity contribution in [1.82, 2.24) is 15.0 Å². The average molecular weight is 312 g/mol. The summed E-state index contributed by atoms with van der Waals surface area (Å²) in [5, 5.41) is 3.37. The second-order valence-electron chi connectivity index (χ2n) is 4.89. The zero-order valence-corrected chi connectivity index (χ0v) is 12.4. The first kappa shape index (κ1) is 13.3. The normalized spacial score (nSPS) is 13.8. The van der Waals surface area contributed by atoms with Gasteiger partial charge in [0.25, 0.3) is 5.91 Å². The zero-order chi connectivity index (χ0) is 14.9. The van der Waals surface area contributed by atoms with Gasteiger partial charge in [-0.2, -0.15) is 0 Å². The van der Waals surface area contributed by atoms with Gasteiger partial charge in [0, 0.05) is 6.42 Å². The van der Waals surface area contributed by atoms with E-state index in [9.17, 15) is 4.79 Å². The number of fused-ring (bicyclic) bond motifs is 2. The highest BCUT2D eigenvalue weighted by Crippen LogP contribution is 2.27. The SMILES string of the molecule is O=C(Nc1nc2c(s1)COCC2)c1cnc2ccccc2n1. The monoisotopic (exact) mass is 312 g/mol. The largest absolute Gasteiger partial charge is 0.375 e. The molecule has 3 aromatic rings. The molecular weight excluding hydrogens is 300 g/mol. The van der Waals surface area contributed by atoms with Crippen LogP contribution in [0, 0.1) is 0 Å². The predicted octanol–water partition coefficient (Wildman–Crippen LogP) is 2.41. The molecule has 1 aliphatic rings. The van der Waals surface area contributed by atoms with Crippen LogP contribution in [-0.2, 0) is 17.8 Å². The molecule has 110 valence electrons. The molecule has 1 N–H and O–H groups in total. The van der Waals surface area contributed by atoms with Gasteiger partial charge in [-0.3, -0.25) is 15.1 Å². The van der Waals surface area contributed by atoms with E-state index >= 15 is 0 Å². The average Bonchev–Trinajstić information content (AvgIpc) is 2.96. The van der Waals surface area contributed by atoms with Gasteiger partial charge in [0.15, 0.2) is 5.13 Å². The Balaban J connectivity index is 1.59. The van der Waals surface area contributed by atoms with E-state index in [1.165, 1.54) is 17.5 Å². The Labute approximate surface area is 130 Å². The molecular formula is C15H12N4O2S. The van der Waals surface area contributed by atoms with Gasteiger partial charge in [0.05, 0.1) is 41.0 Å². The number of para-hydroxylation sites is 2. The van der Waals surface area contributed by atoms with Crippen molar-refractivity contribution in [2.75, 3.05) is 11.9 Å². The summed E-state index contributed by atoms with van der Waals surface area (Å²) in [5.41, 5.74) is 2.75. The van der Waals surface area contributed by atoms with Crippen molar-refractivity contribution in [3.63, 3.8) is 0 Å². The lowest BCUT2D eigenvalue weighted by molar-refractivity contribution is 0.102. The number of hydrogen-bond acceptors (Lipinski definition) is 6. The van der Waals surface area contributed by atoms with Crippen LogP contribution < -0.4 is 5.32 Å². The third-order valence-corrected chi connectivity index (χ3v) is 4.38. The molecule has 7 heteroatoms. The Kier molecular flexibility index (Phi) is 3.28. The van der Waals surface area contributed by atoms with Crippen LogP contribution >= 0.6 is 11.3 Å². The number of amides is 1. The van der Waals surface area contributed by atoms with E-state index in [0.29, 0.717) is 23.9 Å².